The number of rotatable bonds is 8. The van der Waals surface area contributed by atoms with Crippen molar-refractivity contribution in [1.82, 2.24) is 4.98 Å². The van der Waals surface area contributed by atoms with Gasteiger partial charge in [0.1, 0.15) is 6.67 Å². The second kappa shape index (κ2) is 11.2. The van der Waals surface area contributed by atoms with Crippen LogP contribution in [-0.2, 0) is 0 Å². The molecule has 1 aromatic heterocycles. The minimum Gasteiger partial charge on any atom is -0.397 e. The molecule has 1 fully saturated rings. The lowest BCUT2D eigenvalue weighted by Crippen LogP contribution is -2.18. The fourth-order valence-electron chi connectivity index (χ4n) is 3.06. The highest BCUT2D eigenvalue weighted by Gasteiger charge is 2.18. The van der Waals surface area contributed by atoms with Gasteiger partial charge in [0.2, 0.25) is 0 Å². The van der Waals surface area contributed by atoms with Crippen molar-refractivity contribution < 1.29 is 4.39 Å². The van der Waals surface area contributed by atoms with Crippen LogP contribution >= 0.6 is 0 Å². The molecule has 0 saturated heterocycles. The number of pyridine rings is 1. The van der Waals surface area contributed by atoms with Crippen molar-refractivity contribution in [3.05, 3.63) is 72.6 Å². The molecule has 4 heteroatoms. The molecule has 26 heavy (non-hydrogen) atoms. The predicted octanol–water partition coefficient (Wildman–Crippen LogP) is 5.04. The summed E-state index contributed by atoms with van der Waals surface area (Å²) in [5.41, 5.74) is 9.19. The lowest BCUT2D eigenvalue weighted by atomic mass is 9.85. The van der Waals surface area contributed by atoms with Crippen LogP contribution in [0.5, 0.6) is 0 Å². The first-order valence-corrected chi connectivity index (χ1v) is 9.20. The van der Waals surface area contributed by atoms with Gasteiger partial charge in [0.25, 0.3) is 0 Å². The molecule has 1 heterocycles. The summed E-state index contributed by atoms with van der Waals surface area (Å²) in [4.78, 5) is 9.03. The molecule has 3 nitrogen and oxygen atoms in total. The van der Waals surface area contributed by atoms with Crippen molar-refractivity contribution in [2.75, 3.05) is 13.2 Å². The van der Waals surface area contributed by atoms with Crippen LogP contribution in [0.15, 0.2) is 71.9 Å². The predicted molar refractivity (Wildman–Crippen MR) is 109 cm³/mol. The van der Waals surface area contributed by atoms with E-state index in [1.54, 1.807) is 30.5 Å². The Morgan fingerprint density at radius 2 is 2.08 bits per heavy atom. The maximum Gasteiger partial charge on any atom is 0.113 e. The van der Waals surface area contributed by atoms with Gasteiger partial charge in [0.05, 0.1) is 17.9 Å². The number of nitrogens with zero attached hydrogens (tertiary/aromatic N) is 2. The molecule has 0 radical (unpaired) electrons. The molecule has 0 bridgehead atoms. The summed E-state index contributed by atoms with van der Waals surface area (Å²) in [5, 5.41) is 0. The molecule has 1 aromatic rings. The van der Waals surface area contributed by atoms with Crippen LogP contribution in [0.25, 0.3) is 5.70 Å². The van der Waals surface area contributed by atoms with Crippen molar-refractivity contribution in [2.24, 2.45) is 16.6 Å². The molecular weight excluding hydrogens is 325 g/mol. The van der Waals surface area contributed by atoms with E-state index in [0.29, 0.717) is 23.7 Å². The van der Waals surface area contributed by atoms with Gasteiger partial charge in [-0.25, -0.2) is 4.39 Å². The van der Waals surface area contributed by atoms with E-state index in [1.165, 1.54) is 19.3 Å². The average molecular weight is 353 g/mol. The molecule has 1 aliphatic carbocycles. The maximum atomic E-state index is 13.3. The third-order valence-electron chi connectivity index (χ3n) is 4.50. The Hall–Kier alpha value is -2.49. The highest BCUT2D eigenvalue weighted by molar-refractivity contribution is 6.01. The number of aliphatic imine (C=N–C) groups is 1. The van der Waals surface area contributed by atoms with Crippen LogP contribution in [0.1, 0.15) is 37.8 Å². The van der Waals surface area contributed by atoms with E-state index < -0.39 is 6.67 Å². The number of halogens is 1. The fraction of sp³-hybridized carbons (Fsp3) is 0.364. The van der Waals surface area contributed by atoms with Crippen LogP contribution in [0.3, 0.4) is 0 Å². The van der Waals surface area contributed by atoms with E-state index in [4.69, 9.17) is 10.7 Å². The molecular formula is C22H28FN3. The van der Waals surface area contributed by atoms with Gasteiger partial charge >= 0.3 is 0 Å². The topological polar surface area (TPSA) is 51.3 Å². The van der Waals surface area contributed by atoms with E-state index >= 15 is 0 Å². The van der Waals surface area contributed by atoms with E-state index in [2.05, 4.69) is 11.6 Å². The Balaban J connectivity index is 2.23. The molecule has 2 N–H and O–H groups in total. The maximum absolute atomic E-state index is 13.3. The summed E-state index contributed by atoms with van der Waals surface area (Å²) in [6.45, 7) is 3.45. The Bertz CT molecular complexity index is 681. The van der Waals surface area contributed by atoms with Gasteiger partial charge in [-0.05, 0) is 36.6 Å². The molecule has 0 atom stereocenters. The Morgan fingerprint density at radius 1 is 1.27 bits per heavy atom. The van der Waals surface area contributed by atoms with Gasteiger partial charge in [0, 0.05) is 17.8 Å². The summed E-state index contributed by atoms with van der Waals surface area (Å²) in [6, 6.07) is 5.66. The zero-order chi connectivity index (χ0) is 18.6. The lowest BCUT2D eigenvalue weighted by Gasteiger charge is -2.22. The average Bonchev–Trinajstić information content (AvgIpc) is 2.70. The van der Waals surface area contributed by atoms with Crippen LogP contribution in [0.4, 0.5) is 4.39 Å². The second-order valence-corrected chi connectivity index (χ2v) is 6.47. The SMILES string of the molecule is C=C/C=C\C=C(/CF)CN=C(C=C(N)c1ccccn1)C1CCCCC1. The van der Waals surface area contributed by atoms with E-state index in [-0.39, 0.29) is 0 Å². The third kappa shape index (κ3) is 6.43. The van der Waals surface area contributed by atoms with Gasteiger partial charge in [-0.1, -0.05) is 56.2 Å². The summed E-state index contributed by atoms with van der Waals surface area (Å²) in [5.74, 6) is 0.385. The fourth-order valence-corrected chi connectivity index (χ4v) is 3.06. The van der Waals surface area contributed by atoms with Crippen molar-refractivity contribution in [3.63, 3.8) is 0 Å². The van der Waals surface area contributed by atoms with Crippen molar-refractivity contribution in [3.8, 4) is 0 Å². The number of hydrogen-bond acceptors (Lipinski definition) is 3. The number of aromatic nitrogens is 1. The highest BCUT2D eigenvalue weighted by Crippen LogP contribution is 2.26. The van der Waals surface area contributed by atoms with Crippen LogP contribution in [0.2, 0.25) is 0 Å². The number of alkyl halides is 1. The largest absolute Gasteiger partial charge is 0.397 e. The first-order chi connectivity index (χ1) is 12.7. The molecule has 2 rings (SSSR count). The minimum atomic E-state index is -0.512. The Kier molecular flexibility index (Phi) is 8.53. The summed E-state index contributed by atoms with van der Waals surface area (Å²) >= 11 is 0. The normalized spacial score (nSPS) is 17.7. The van der Waals surface area contributed by atoms with Gasteiger partial charge < -0.3 is 5.73 Å². The van der Waals surface area contributed by atoms with Gasteiger partial charge in [-0.15, -0.1) is 0 Å². The first kappa shape index (κ1) is 19.8. The first-order valence-electron chi connectivity index (χ1n) is 9.20. The van der Waals surface area contributed by atoms with Gasteiger partial charge in [0.15, 0.2) is 0 Å². The van der Waals surface area contributed by atoms with Crippen LogP contribution < -0.4 is 5.73 Å². The molecule has 0 amide bonds. The molecule has 0 aromatic carbocycles. The lowest BCUT2D eigenvalue weighted by molar-refractivity contribution is 0.440. The molecule has 1 aliphatic rings. The summed E-state index contributed by atoms with van der Waals surface area (Å²) in [7, 11) is 0. The number of nitrogens with two attached hydrogens (primary N) is 1. The Labute approximate surface area is 155 Å². The smallest absolute Gasteiger partial charge is 0.113 e. The molecule has 1 saturated carbocycles. The van der Waals surface area contributed by atoms with E-state index in [9.17, 15) is 4.39 Å². The van der Waals surface area contributed by atoms with E-state index in [1.807, 2.05) is 24.3 Å². The summed E-state index contributed by atoms with van der Waals surface area (Å²) < 4.78 is 13.3. The van der Waals surface area contributed by atoms with Gasteiger partial charge in [-0.3, -0.25) is 9.98 Å². The second-order valence-electron chi connectivity index (χ2n) is 6.47. The van der Waals surface area contributed by atoms with Crippen molar-refractivity contribution in [2.45, 2.75) is 32.1 Å². The quantitative estimate of drug-likeness (QED) is 0.526. The molecule has 138 valence electrons. The highest BCUT2D eigenvalue weighted by atomic mass is 19.1. The standard InChI is InChI=1S/C22H28FN3/c1-2-3-5-10-18(16-23)17-26-22(19-11-6-4-7-12-19)15-20(24)21-13-8-9-14-25-21/h2-3,5,8-10,13-15,19H,1,4,6-7,11-12,16-17,24H2/b5-3-,18-10+,20-15?,26-22?. The van der Waals surface area contributed by atoms with Crippen LogP contribution in [-0.4, -0.2) is 23.9 Å². The van der Waals surface area contributed by atoms with Crippen molar-refractivity contribution in [1.29, 1.82) is 0 Å². The third-order valence-corrected chi connectivity index (χ3v) is 4.50. The number of allylic oxidation sites excluding steroid dienone is 5. The number of hydrogen-bond donors (Lipinski definition) is 1. The molecule has 0 spiro atoms. The zero-order valence-electron chi connectivity index (χ0n) is 15.3. The van der Waals surface area contributed by atoms with Crippen molar-refractivity contribution >= 4 is 11.4 Å². The zero-order valence-corrected chi connectivity index (χ0v) is 15.3. The van der Waals surface area contributed by atoms with Gasteiger partial charge in [-0.2, -0.15) is 0 Å². The van der Waals surface area contributed by atoms with E-state index in [0.717, 1.165) is 24.2 Å². The monoisotopic (exact) mass is 353 g/mol. The Morgan fingerprint density at radius 3 is 2.73 bits per heavy atom. The molecule has 0 unspecified atom stereocenters. The van der Waals surface area contributed by atoms with Crippen LogP contribution in [0, 0.1) is 5.92 Å². The summed E-state index contributed by atoms with van der Waals surface area (Å²) in [6.07, 6.45) is 16.5. The minimum absolute atomic E-state index is 0.343. The molecule has 0 aliphatic heterocycles.